The van der Waals surface area contributed by atoms with Crippen LogP contribution in [-0.2, 0) is 16.1 Å². The SMILES string of the molecule is O=C(O[C@@H](C(=O)NCc1ccco1)c1ccc(Cl)cc1)c1cccs1. The van der Waals surface area contributed by atoms with Crippen LogP contribution in [0, 0.1) is 0 Å². The second-order valence-corrected chi connectivity index (χ2v) is 6.50. The first-order valence-electron chi connectivity index (χ1n) is 7.43. The molecule has 5 nitrogen and oxygen atoms in total. The Labute approximate surface area is 153 Å². The van der Waals surface area contributed by atoms with Crippen LogP contribution >= 0.6 is 22.9 Å². The lowest BCUT2D eigenvalue weighted by atomic mass is 10.1. The van der Waals surface area contributed by atoms with Gasteiger partial charge in [0, 0.05) is 10.6 Å². The third-order valence-corrected chi connectivity index (χ3v) is 4.48. The third kappa shape index (κ3) is 4.49. The van der Waals surface area contributed by atoms with E-state index >= 15 is 0 Å². The van der Waals surface area contributed by atoms with Gasteiger partial charge in [-0.15, -0.1) is 11.3 Å². The maximum Gasteiger partial charge on any atom is 0.349 e. The molecule has 7 heteroatoms. The molecule has 2 heterocycles. The van der Waals surface area contributed by atoms with Crippen molar-refractivity contribution in [2.45, 2.75) is 12.6 Å². The average Bonchev–Trinajstić information content (AvgIpc) is 3.31. The molecule has 0 bridgehead atoms. The number of benzene rings is 1. The first kappa shape index (κ1) is 17.3. The number of rotatable bonds is 6. The van der Waals surface area contributed by atoms with Crippen molar-refractivity contribution in [1.29, 1.82) is 0 Å². The Morgan fingerprint density at radius 1 is 1.16 bits per heavy atom. The largest absolute Gasteiger partial charge is 0.467 e. The van der Waals surface area contributed by atoms with E-state index in [1.165, 1.54) is 17.6 Å². The number of hydrogen-bond donors (Lipinski definition) is 1. The number of halogens is 1. The number of carbonyl (C=O) groups excluding carboxylic acids is 2. The maximum absolute atomic E-state index is 12.6. The molecule has 1 atom stereocenters. The maximum atomic E-state index is 12.6. The van der Waals surface area contributed by atoms with Crippen LogP contribution in [0.3, 0.4) is 0 Å². The molecule has 3 rings (SSSR count). The Morgan fingerprint density at radius 3 is 2.60 bits per heavy atom. The zero-order chi connectivity index (χ0) is 17.6. The van der Waals surface area contributed by atoms with Gasteiger partial charge in [0.15, 0.2) is 0 Å². The molecule has 0 unspecified atom stereocenters. The van der Waals surface area contributed by atoms with Gasteiger partial charge in [-0.3, -0.25) is 4.79 Å². The minimum absolute atomic E-state index is 0.201. The molecular weight excluding hydrogens is 362 g/mol. The second-order valence-electron chi connectivity index (χ2n) is 5.11. The predicted molar refractivity (Wildman–Crippen MR) is 94.5 cm³/mol. The van der Waals surface area contributed by atoms with Gasteiger partial charge in [-0.05, 0) is 35.7 Å². The van der Waals surface area contributed by atoms with Gasteiger partial charge < -0.3 is 14.5 Å². The molecule has 128 valence electrons. The molecule has 0 spiro atoms. The quantitative estimate of drug-likeness (QED) is 0.655. The molecule has 1 N–H and O–H groups in total. The summed E-state index contributed by atoms with van der Waals surface area (Å²) >= 11 is 7.14. The highest BCUT2D eigenvalue weighted by Crippen LogP contribution is 2.23. The number of hydrogen-bond acceptors (Lipinski definition) is 5. The van der Waals surface area contributed by atoms with E-state index in [-0.39, 0.29) is 6.54 Å². The van der Waals surface area contributed by atoms with Crippen LogP contribution in [0.15, 0.2) is 64.6 Å². The predicted octanol–water partition coefficient (Wildman–Crippen LogP) is 4.21. The summed E-state index contributed by atoms with van der Waals surface area (Å²) in [6, 6.07) is 13.5. The van der Waals surface area contributed by atoms with Gasteiger partial charge in [-0.25, -0.2) is 4.79 Å². The highest BCUT2D eigenvalue weighted by molar-refractivity contribution is 7.11. The Morgan fingerprint density at radius 2 is 1.96 bits per heavy atom. The fourth-order valence-electron chi connectivity index (χ4n) is 2.15. The van der Waals surface area contributed by atoms with E-state index < -0.39 is 18.0 Å². The minimum Gasteiger partial charge on any atom is -0.467 e. The summed E-state index contributed by atoms with van der Waals surface area (Å²) in [4.78, 5) is 25.3. The Hall–Kier alpha value is -2.57. The van der Waals surface area contributed by atoms with Gasteiger partial charge in [0.05, 0.1) is 12.8 Å². The van der Waals surface area contributed by atoms with Crippen LogP contribution in [0.1, 0.15) is 27.1 Å². The fourth-order valence-corrected chi connectivity index (χ4v) is 2.88. The minimum atomic E-state index is -1.08. The van der Waals surface area contributed by atoms with E-state index in [0.717, 1.165) is 0 Å². The van der Waals surface area contributed by atoms with Crippen molar-refractivity contribution in [3.05, 3.63) is 81.4 Å². The van der Waals surface area contributed by atoms with Crippen molar-refractivity contribution in [1.82, 2.24) is 5.32 Å². The molecule has 0 aliphatic carbocycles. The molecule has 2 aromatic heterocycles. The van der Waals surface area contributed by atoms with E-state index in [0.29, 0.717) is 21.2 Å². The molecule has 0 fully saturated rings. The van der Waals surface area contributed by atoms with Gasteiger partial charge in [-0.1, -0.05) is 29.8 Å². The van der Waals surface area contributed by atoms with Gasteiger partial charge in [0.2, 0.25) is 6.10 Å². The summed E-state index contributed by atoms with van der Waals surface area (Å²) in [5.74, 6) is -0.389. The summed E-state index contributed by atoms with van der Waals surface area (Å²) < 4.78 is 10.6. The highest BCUT2D eigenvalue weighted by atomic mass is 35.5. The first-order chi connectivity index (χ1) is 12.1. The zero-order valence-corrected chi connectivity index (χ0v) is 14.5. The van der Waals surface area contributed by atoms with Crippen LogP contribution in [0.25, 0.3) is 0 Å². The summed E-state index contributed by atoms with van der Waals surface area (Å²) in [6.45, 7) is 0.201. The lowest BCUT2D eigenvalue weighted by Crippen LogP contribution is -2.31. The van der Waals surface area contributed by atoms with E-state index in [4.69, 9.17) is 20.8 Å². The molecule has 0 aliphatic heterocycles. The molecule has 0 radical (unpaired) electrons. The van der Waals surface area contributed by atoms with E-state index in [9.17, 15) is 9.59 Å². The average molecular weight is 376 g/mol. The lowest BCUT2D eigenvalue weighted by molar-refractivity contribution is -0.130. The third-order valence-electron chi connectivity index (χ3n) is 3.38. The number of thiophene rings is 1. The molecular formula is C18H14ClNO4S. The number of carbonyl (C=O) groups is 2. The van der Waals surface area contributed by atoms with Gasteiger partial charge in [0.25, 0.3) is 5.91 Å². The molecule has 25 heavy (non-hydrogen) atoms. The van der Waals surface area contributed by atoms with E-state index in [1.54, 1.807) is 53.9 Å². The monoisotopic (exact) mass is 375 g/mol. The molecule has 0 saturated carbocycles. The summed E-state index contributed by atoms with van der Waals surface area (Å²) in [7, 11) is 0. The van der Waals surface area contributed by atoms with Crippen LogP contribution < -0.4 is 5.32 Å². The molecule has 0 aliphatic rings. The van der Waals surface area contributed by atoms with Gasteiger partial charge >= 0.3 is 5.97 Å². The standard InChI is InChI=1S/C18H14ClNO4S/c19-13-7-5-12(6-8-13)16(24-18(22)15-4-2-10-25-15)17(21)20-11-14-3-1-9-23-14/h1-10,16H,11H2,(H,20,21)/t16-/m1/s1. The van der Waals surface area contributed by atoms with Crippen molar-refractivity contribution in [3.8, 4) is 0 Å². The van der Waals surface area contributed by atoms with Crippen molar-refractivity contribution >= 4 is 34.8 Å². The van der Waals surface area contributed by atoms with E-state index in [2.05, 4.69) is 5.32 Å². The van der Waals surface area contributed by atoms with Crippen LogP contribution in [-0.4, -0.2) is 11.9 Å². The summed E-state index contributed by atoms with van der Waals surface area (Å²) in [5.41, 5.74) is 0.534. The Kier molecular flexibility index (Phi) is 5.53. The van der Waals surface area contributed by atoms with Gasteiger partial charge in [-0.2, -0.15) is 0 Å². The zero-order valence-electron chi connectivity index (χ0n) is 13.0. The number of esters is 1. The van der Waals surface area contributed by atoms with Crippen molar-refractivity contribution in [2.75, 3.05) is 0 Å². The Balaban J connectivity index is 1.76. The molecule has 1 aromatic carbocycles. The van der Waals surface area contributed by atoms with Crippen molar-refractivity contribution in [2.24, 2.45) is 0 Å². The topological polar surface area (TPSA) is 68.5 Å². The number of furan rings is 1. The van der Waals surface area contributed by atoms with Gasteiger partial charge in [0.1, 0.15) is 10.6 Å². The normalized spacial score (nSPS) is 11.7. The fraction of sp³-hybridized carbons (Fsp3) is 0.111. The molecule has 3 aromatic rings. The van der Waals surface area contributed by atoms with Crippen LogP contribution in [0.5, 0.6) is 0 Å². The Bertz CT molecular complexity index is 829. The van der Waals surface area contributed by atoms with Crippen molar-refractivity contribution in [3.63, 3.8) is 0 Å². The van der Waals surface area contributed by atoms with Crippen LogP contribution in [0.4, 0.5) is 0 Å². The summed E-state index contributed by atoms with van der Waals surface area (Å²) in [5, 5.41) is 5.01. The smallest absolute Gasteiger partial charge is 0.349 e. The summed E-state index contributed by atoms with van der Waals surface area (Å²) in [6.07, 6.45) is 0.441. The van der Waals surface area contributed by atoms with Crippen LogP contribution in [0.2, 0.25) is 5.02 Å². The number of amides is 1. The number of ether oxygens (including phenoxy) is 1. The van der Waals surface area contributed by atoms with E-state index in [1.807, 2.05) is 0 Å². The molecule has 0 saturated heterocycles. The van der Waals surface area contributed by atoms with Crippen molar-refractivity contribution < 1.29 is 18.7 Å². The second kappa shape index (κ2) is 8.00. The first-order valence-corrected chi connectivity index (χ1v) is 8.69. The lowest BCUT2D eigenvalue weighted by Gasteiger charge is -2.17. The highest BCUT2D eigenvalue weighted by Gasteiger charge is 2.26. The molecule has 1 amide bonds. The number of nitrogens with one attached hydrogen (secondary N) is 1.